The van der Waals surface area contributed by atoms with E-state index in [9.17, 15) is 0 Å². The molecule has 1 aliphatic heterocycles. The van der Waals surface area contributed by atoms with Gasteiger partial charge >= 0.3 is 0 Å². The highest BCUT2D eigenvalue weighted by molar-refractivity contribution is 9.09. The number of hydrogen-bond acceptors (Lipinski definition) is 1. The molecule has 0 fully saturated rings. The average Bonchev–Trinajstić information content (AvgIpc) is 1.95. The van der Waals surface area contributed by atoms with E-state index in [0.717, 1.165) is 23.0 Å². The minimum Gasteiger partial charge on any atom is -0.240 e. The number of hydrogen-bond donors (Lipinski definition) is 0. The Hall–Kier alpha value is -0.0800. The number of halogens is 2. The fourth-order valence-electron chi connectivity index (χ4n) is 0.660. The van der Waals surface area contributed by atoms with Crippen molar-refractivity contribution in [2.45, 2.75) is 6.42 Å². The van der Waals surface area contributed by atoms with Gasteiger partial charge in [-0.05, 0) is 12.0 Å². The van der Waals surface area contributed by atoms with Gasteiger partial charge in [0.25, 0.3) is 0 Å². The molecule has 0 amide bonds. The van der Waals surface area contributed by atoms with E-state index in [-0.39, 0.29) is 0 Å². The first-order valence-corrected chi connectivity index (χ1v) is 4.41. The summed E-state index contributed by atoms with van der Waals surface area (Å²) in [5, 5.41) is 1.30. The van der Waals surface area contributed by atoms with Gasteiger partial charge in [-0.2, -0.15) is 0 Å². The Kier molecular flexibility index (Phi) is 2.69. The second-order valence-electron chi connectivity index (χ2n) is 2.04. The molecule has 0 spiro atoms. The van der Waals surface area contributed by atoms with Gasteiger partial charge in [-0.3, -0.25) is 0 Å². The number of allylic oxidation sites excluding steroid dienone is 3. The van der Waals surface area contributed by atoms with E-state index in [4.69, 9.17) is 11.6 Å². The molecule has 0 aromatic heterocycles. The maximum Gasteiger partial charge on any atom is 0.132 e. The molecule has 0 saturated carbocycles. The second-order valence-corrected chi connectivity index (χ2v) is 2.96. The number of nitrogens with zero attached hydrogens (tertiary/aromatic N) is 1. The lowest BCUT2D eigenvalue weighted by Crippen LogP contribution is -1.99. The van der Waals surface area contributed by atoms with Gasteiger partial charge in [0.05, 0.1) is 0 Å². The van der Waals surface area contributed by atoms with Crippen molar-refractivity contribution in [2.24, 2.45) is 4.99 Å². The average molecular weight is 220 g/mol. The third-order valence-corrected chi connectivity index (χ3v) is 2.18. The lowest BCUT2D eigenvalue weighted by atomic mass is 10.2. The predicted octanol–water partition coefficient (Wildman–Crippen LogP) is 2.86. The van der Waals surface area contributed by atoms with Crippen LogP contribution >= 0.6 is 27.5 Å². The van der Waals surface area contributed by atoms with Crippen LogP contribution < -0.4 is 0 Å². The topological polar surface area (TPSA) is 12.4 Å². The first-order valence-electron chi connectivity index (χ1n) is 2.91. The summed E-state index contributed by atoms with van der Waals surface area (Å²) in [5.41, 5.74) is 1.88. The van der Waals surface area contributed by atoms with Crippen molar-refractivity contribution in [3.63, 3.8) is 0 Å². The van der Waals surface area contributed by atoms with E-state index in [1.54, 1.807) is 0 Å². The van der Waals surface area contributed by atoms with Gasteiger partial charge < -0.3 is 0 Å². The molecule has 0 aliphatic carbocycles. The summed E-state index contributed by atoms with van der Waals surface area (Å²) >= 11 is 9.02. The highest BCUT2D eigenvalue weighted by Gasteiger charge is 2.06. The minimum absolute atomic E-state index is 0.539. The molecule has 0 atom stereocenters. The van der Waals surface area contributed by atoms with Crippen LogP contribution in [-0.4, -0.2) is 10.5 Å². The SMILES string of the molecule is C=C1CC=C(CBr)N=C1Cl. The fourth-order valence-corrected chi connectivity index (χ4v) is 1.20. The van der Waals surface area contributed by atoms with E-state index >= 15 is 0 Å². The van der Waals surface area contributed by atoms with Crippen LogP contribution in [0.4, 0.5) is 0 Å². The molecule has 3 heteroatoms. The Morgan fingerprint density at radius 2 is 2.50 bits per heavy atom. The van der Waals surface area contributed by atoms with Crippen LogP contribution in [-0.2, 0) is 0 Å². The molecule has 1 aliphatic rings. The van der Waals surface area contributed by atoms with Gasteiger partial charge in [-0.15, -0.1) is 0 Å². The fraction of sp³-hybridized carbons (Fsp3) is 0.286. The number of rotatable bonds is 1. The highest BCUT2D eigenvalue weighted by Crippen LogP contribution is 2.17. The van der Waals surface area contributed by atoms with Crippen LogP contribution in [0.25, 0.3) is 0 Å². The van der Waals surface area contributed by atoms with E-state index in [2.05, 4.69) is 27.5 Å². The number of alkyl halides is 1. The normalized spacial score (nSPS) is 18.4. The Labute approximate surface area is 73.6 Å². The molecule has 54 valence electrons. The van der Waals surface area contributed by atoms with Crippen molar-refractivity contribution in [2.75, 3.05) is 5.33 Å². The van der Waals surface area contributed by atoms with Crippen LogP contribution in [0.2, 0.25) is 0 Å². The first kappa shape index (κ1) is 8.02. The molecule has 0 saturated heterocycles. The van der Waals surface area contributed by atoms with Crippen LogP contribution in [0.1, 0.15) is 6.42 Å². The Balaban J connectivity index is 2.79. The Morgan fingerprint density at radius 3 is 3.00 bits per heavy atom. The van der Waals surface area contributed by atoms with Crippen LogP contribution in [0.3, 0.4) is 0 Å². The van der Waals surface area contributed by atoms with Crippen molar-refractivity contribution >= 4 is 32.7 Å². The van der Waals surface area contributed by atoms with E-state index in [1.807, 2.05) is 6.08 Å². The predicted molar refractivity (Wildman–Crippen MR) is 48.9 cm³/mol. The third-order valence-electron chi connectivity index (χ3n) is 1.25. The van der Waals surface area contributed by atoms with Crippen LogP contribution in [0.5, 0.6) is 0 Å². The molecule has 0 bridgehead atoms. The summed E-state index contributed by atoms with van der Waals surface area (Å²) in [4.78, 5) is 4.08. The molecule has 0 unspecified atom stereocenters. The smallest absolute Gasteiger partial charge is 0.132 e. The van der Waals surface area contributed by atoms with Crippen molar-refractivity contribution in [3.05, 3.63) is 23.9 Å². The van der Waals surface area contributed by atoms with Gasteiger partial charge in [0.1, 0.15) is 5.17 Å². The lowest BCUT2D eigenvalue weighted by Gasteiger charge is -2.07. The van der Waals surface area contributed by atoms with Gasteiger partial charge in [0.15, 0.2) is 0 Å². The molecular weight excluding hydrogens is 213 g/mol. The van der Waals surface area contributed by atoms with E-state index < -0.39 is 0 Å². The van der Waals surface area contributed by atoms with Crippen molar-refractivity contribution < 1.29 is 0 Å². The molecule has 0 aromatic carbocycles. The zero-order chi connectivity index (χ0) is 7.56. The molecule has 1 rings (SSSR count). The molecule has 1 heterocycles. The summed E-state index contributed by atoms with van der Waals surface area (Å²) in [6.45, 7) is 3.74. The van der Waals surface area contributed by atoms with Gasteiger partial charge in [-0.1, -0.05) is 40.2 Å². The van der Waals surface area contributed by atoms with Gasteiger partial charge in [0.2, 0.25) is 0 Å². The lowest BCUT2D eigenvalue weighted by molar-refractivity contribution is 1.19. The summed E-state index contributed by atoms with van der Waals surface area (Å²) in [6.07, 6.45) is 2.84. The second kappa shape index (κ2) is 3.35. The van der Waals surface area contributed by atoms with E-state index in [0.29, 0.717) is 5.17 Å². The van der Waals surface area contributed by atoms with Gasteiger partial charge in [0, 0.05) is 11.0 Å². The first-order chi connectivity index (χ1) is 4.74. The largest absolute Gasteiger partial charge is 0.240 e. The zero-order valence-electron chi connectivity index (χ0n) is 5.40. The van der Waals surface area contributed by atoms with Crippen molar-refractivity contribution in [1.82, 2.24) is 0 Å². The standard InChI is InChI=1S/C7H7BrClN/c1-5-2-3-6(4-8)10-7(5)9/h3H,1-2,4H2. The van der Waals surface area contributed by atoms with Crippen LogP contribution in [0.15, 0.2) is 28.9 Å². The summed E-state index contributed by atoms with van der Waals surface area (Å²) in [5.74, 6) is 0. The van der Waals surface area contributed by atoms with Crippen LogP contribution in [0, 0.1) is 0 Å². The quantitative estimate of drug-likeness (QED) is 0.603. The summed E-state index contributed by atoms with van der Waals surface area (Å²) in [6, 6.07) is 0. The summed E-state index contributed by atoms with van der Waals surface area (Å²) < 4.78 is 0. The number of aliphatic imine (C=N–C) groups is 1. The molecule has 0 aromatic rings. The third kappa shape index (κ3) is 1.70. The maximum absolute atomic E-state index is 5.73. The Morgan fingerprint density at radius 1 is 1.80 bits per heavy atom. The summed E-state index contributed by atoms with van der Waals surface area (Å²) in [7, 11) is 0. The minimum atomic E-state index is 0.539. The van der Waals surface area contributed by atoms with Gasteiger partial charge in [-0.25, -0.2) is 4.99 Å². The monoisotopic (exact) mass is 219 g/mol. The van der Waals surface area contributed by atoms with E-state index in [1.165, 1.54) is 0 Å². The molecular formula is C7H7BrClN. The zero-order valence-corrected chi connectivity index (χ0v) is 7.74. The molecule has 10 heavy (non-hydrogen) atoms. The Bertz CT molecular complexity index is 218. The molecule has 1 nitrogen and oxygen atoms in total. The maximum atomic E-state index is 5.73. The van der Waals surface area contributed by atoms with Crippen molar-refractivity contribution in [3.8, 4) is 0 Å². The highest BCUT2D eigenvalue weighted by atomic mass is 79.9. The molecule has 0 N–H and O–H groups in total. The van der Waals surface area contributed by atoms with Crippen molar-refractivity contribution in [1.29, 1.82) is 0 Å². The molecule has 0 radical (unpaired) electrons.